The van der Waals surface area contributed by atoms with Gasteiger partial charge in [0.25, 0.3) is 5.69 Å². The second kappa shape index (κ2) is 8.11. The quantitative estimate of drug-likeness (QED) is 0.327. The van der Waals surface area contributed by atoms with Gasteiger partial charge in [0.15, 0.2) is 0 Å². The molecule has 0 aliphatic heterocycles. The number of hydrogen-bond donors (Lipinski definition) is 2. The molecule has 0 amide bonds. The van der Waals surface area contributed by atoms with Gasteiger partial charge in [-0.25, -0.2) is 4.79 Å². The molecule has 20 heavy (non-hydrogen) atoms. The van der Waals surface area contributed by atoms with Crippen molar-refractivity contribution in [2.45, 2.75) is 19.3 Å². The van der Waals surface area contributed by atoms with Gasteiger partial charge < -0.3 is 15.2 Å². The van der Waals surface area contributed by atoms with Gasteiger partial charge in [-0.15, -0.1) is 0 Å². The van der Waals surface area contributed by atoms with Crippen molar-refractivity contribution < 1.29 is 19.6 Å². The molecule has 7 nitrogen and oxygen atoms in total. The molecule has 0 saturated heterocycles. The number of benzene rings is 1. The summed E-state index contributed by atoms with van der Waals surface area (Å²) >= 11 is 0. The monoisotopic (exact) mass is 282 g/mol. The minimum atomic E-state index is -0.539. The van der Waals surface area contributed by atoms with E-state index in [1.807, 2.05) is 0 Å². The predicted octanol–water partition coefficient (Wildman–Crippen LogP) is 1.96. The summed E-state index contributed by atoms with van der Waals surface area (Å²) in [5, 5.41) is 22.5. The van der Waals surface area contributed by atoms with Crippen LogP contribution in [-0.2, 0) is 4.74 Å². The highest BCUT2D eigenvalue weighted by Crippen LogP contribution is 2.25. The van der Waals surface area contributed by atoms with Crippen molar-refractivity contribution in [2.24, 2.45) is 0 Å². The predicted molar refractivity (Wildman–Crippen MR) is 73.9 cm³/mol. The van der Waals surface area contributed by atoms with E-state index in [4.69, 9.17) is 5.11 Å². The molecule has 2 N–H and O–H groups in total. The van der Waals surface area contributed by atoms with E-state index >= 15 is 0 Å². The van der Waals surface area contributed by atoms with Crippen LogP contribution in [0.15, 0.2) is 18.2 Å². The SMILES string of the molecule is COC(=O)c1ccc([N+](=O)[O-])c(NCCCCCO)c1. The zero-order valence-corrected chi connectivity index (χ0v) is 11.3. The molecule has 110 valence electrons. The maximum absolute atomic E-state index is 11.4. The summed E-state index contributed by atoms with van der Waals surface area (Å²) in [6.07, 6.45) is 2.31. The maximum Gasteiger partial charge on any atom is 0.337 e. The first-order chi connectivity index (χ1) is 9.60. The lowest BCUT2D eigenvalue weighted by Gasteiger charge is -2.08. The van der Waals surface area contributed by atoms with Crippen molar-refractivity contribution in [3.05, 3.63) is 33.9 Å². The van der Waals surface area contributed by atoms with E-state index in [0.717, 1.165) is 12.8 Å². The van der Waals surface area contributed by atoms with Gasteiger partial charge in [0.2, 0.25) is 0 Å². The number of esters is 1. The highest BCUT2D eigenvalue weighted by Gasteiger charge is 2.16. The molecule has 0 heterocycles. The summed E-state index contributed by atoms with van der Waals surface area (Å²) < 4.78 is 4.58. The smallest absolute Gasteiger partial charge is 0.337 e. The second-order valence-electron chi connectivity index (χ2n) is 4.19. The Morgan fingerprint density at radius 3 is 2.75 bits per heavy atom. The lowest BCUT2D eigenvalue weighted by molar-refractivity contribution is -0.384. The van der Waals surface area contributed by atoms with E-state index in [2.05, 4.69) is 10.1 Å². The van der Waals surface area contributed by atoms with E-state index in [1.165, 1.54) is 25.3 Å². The third kappa shape index (κ3) is 4.51. The first-order valence-corrected chi connectivity index (χ1v) is 6.31. The molecule has 1 rings (SSSR count). The number of aliphatic hydroxyl groups excluding tert-OH is 1. The van der Waals surface area contributed by atoms with Gasteiger partial charge in [0.05, 0.1) is 17.6 Å². The molecule has 7 heteroatoms. The lowest BCUT2D eigenvalue weighted by Crippen LogP contribution is -2.07. The average Bonchev–Trinajstić information content (AvgIpc) is 2.45. The fourth-order valence-corrected chi connectivity index (χ4v) is 1.72. The molecule has 0 aromatic heterocycles. The summed E-state index contributed by atoms with van der Waals surface area (Å²) in [4.78, 5) is 21.8. The van der Waals surface area contributed by atoms with E-state index in [9.17, 15) is 14.9 Å². The summed E-state index contributed by atoms with van der Waals surface area (Å²) in [5.41, 5.74) is 0.470. The minimum absolute atomic E-state index is 0.0835. The largest absolute Gasteiger partial charge is 0.465 e. The van der Waals surface area contributed by atoms with Crippen LogP contribution >= 0.6 is 0 Å². The number of rotatable bonds is 8. The topological polar surface area (TPSA) is 102 Å². The van der Waals surface area contributed by atoms with E-state index in [0.29, 0.717) is 18.7 Å². The molecule has 1 aromatic carbocycles. The van der Waals surface area contributed by atoms with E-state index in [1.54, 1.807) is 0 Å². The summed E-state index contributed by atoms with van der Waals surface area (Å²) in [7, 11) is 1.26. The van der Waals surface area contributed by atoms with Crippen molar-refractivity contribution in [1.82, 2.24) is 0 Å². The number of aliphatic hydroxyl groups is 1. The number of nitrogens with one attached hydrogen (secondary N) is 1. The Kier molecular flexibility index (Phi) is 6.45. The van der Waals surface area contributed by atoms with Crippen molar-refractivity contribution >= 4 is 17.3 Å². The molecular weight excluding hydrogens is 264 g/mol. The molecule has 0 aliphatic carbocycles. The first kappa shape index (κ1) is 15.9. The van der Waals surface area contributed by atoms with Crippen molar-refractivity contribution in [2.75, 3.05) is 25.6 Å². The van der Waals surface area contributed by atoms with E-state index in [-0.39, 0.29) is 17.9 Å². The van der Waals surface area contributed by atoms with Crippen LogP contribution in [0.5, 0.6) is 0 Å². The number of nitro groups is 1. The molecule has 0 saturated carbocycles. The van der Waals surface area contributed by atoms with Crippen LogP contribution in [0.2, 0.25) is 0 Å². The summed E-state index contributed by atoms with van der Waals surface area (Å²) in [5.74, 6) is -0.539. The summed E-state index contributed by atoms with van der Waals surface area (Å²) in [6, 6.07) is 4.05. The number of anilines is 1. The number of carbonyl (C=O) groups excluding carboxylic acids is 1. The third-order valence-corrected chi connectivity index (χ3v) is 2.76. The Hall–Kier alpha value is -2.15. The van der Waals surface area contributed by atoms with Gasteiger partial charge in [0, 0.05) is 19.2 Å². The van der Waals surface area contributed by atoms with Crippen LogP contribution in [0.3, 0.4) is 0 Å². The number of ether oxygens (including phenoxy) is 1. The molecular formula is C13H18N2O5. The molecule has 0 aliphatic rings. The third-order valence-electron chi connectivity index (χ3n) is 2.76. The fourth-order valence-electron chi connectivity index (χ4n) is 1.72. The van der Waals surface area contributed by atoms with Gasteiger partial charge in [0.1, 0.15) is 5.69 Å². The van der Waals surface area contributed by atoms with Crippen molar-refractivity contribution in [1.29, 1.82) is 0 Å². The number of hydrogen-bond acceptors (Lipinski definition) is 6. The van der Waals surface area contributed by atoms with Gasteiger partial charge in [-0.05, 0) is 31.4 Å². The first-order valence-electron chi connectivity index (χ1n) is 6.31. The van der Waals surface area contributed by atoms with Crippen LogP contribution in [0.25, 0.3) is 0 Å². The van der Waals surface area contributed by atoms with E-state index < -0.39 is 10.9 Å². The number of nitro benzene ring substituents is 1. The average molecular weight is 282 g/mol. The second-order valence-corrected chi connectivity index (χ2v) is 4.19. The van der Waals surface area contributed by atoms with Crippen LogP contribution < -0.4 is 5.32 Å². The van der Waals surface area contributed by atoms with Crippen molar-refractivity contribution in [3.8, 4) is 0 Å². The molecule has 0 bridgehead atoms. The Labute approximate surface area is 116 Å². The number of methoxy groups -OCH3 is 1. The molecule has 0 spiro atoms. The lowest BCUT2D eigenvalue weighted by atomic mass is 10.1. The normalized spacial score (nSPS) is 10.1. The van der Waals surface area contributed by atoms with Gasteiger partial charge in [-0.1, -0.05) is 0 Å². The van der Waals surface area contributed by atoms with Gasteiger partial charge in [-0.2, -0.15) is 0 Å². The van der Waals surface area contributed by atoms with Crippen LogP contribution in [0.4, 0.5) is 11.4 Å². The standard InChI is InChI=1S/C13H18N2O5/c1-20-13(17)10-5-6-12(15(18)19)11(9-10)14-7-3-2-4-8-16/h5-6,9,14,16H,2-4,7-8H2,1H3. The molecule has 0 unspecified atom stereocenters. The summed E-state index contributed by atoms with van der Waals surface area (Å²) in [6.45, 7) is 0.670. The highest BCUT2D eigenvalue weighted by atomic mass is 16.6. The number of nitrogens with zero attached hydrogens (tertiary/aromatic N) is 1. The van der Waals surface area contributed by atoms with Crippen LogP contribution in [0, 0.1) is 10.1 Å². The number of carbonyl (C=O) groups is 1. The van der Waals surface area contributed by atoms with Crippen LogP contribution in [-0.4, -0.2) is 36.3 Å². The molecule has 1 aromatic rings. The Balaban J connectivity index is 2.78. The Morgan fingerprint density at radius 1 is 1.40 bits per heavy atom. The van der Waals surface area contributed by atoms with Crippen molar-refractivity contribution in [3.63, 3.8) is 0 Å². The highest BCUT2D eigenvalue weighted by molar-refractivity contribution is 5.91. The Bertz CT molecular complexity index is 476. The zero-order chi connectivity index (χ0) is 15.0. The zero-order valence-electron chi connectivity index (χ0n) is 11.3. The maximum atomic E-state index is 11.4. The Morgan fingerprint density at radius 2 is 2.15 bits per heavy atom. The fraction of sp³-hybridized carbons (Fsp3) is 0.462. The van der Waals surface area contributed by atoms with Gasteiger partial charge >= 0.3 is 5.97 Å². The molecule has 0 radical (unpaired) electrons. The molecule has 0 fully saturated rings. The van der Waals surface area contributed by atoms with Crippen LogP contribution in [0.1, 0.15) is 29.6 Å². The molecule has 0 atom stereocenters. The minimum Gasteiger partial charge on any atom is -0.465 e. The van der Waals surface area contributed by atoms with Gasteiger partial charge in [-0.3, -0.25) is 10.1 Å². The number of unbranched alkanes of at least 4 members (excludes halogenated alkanes) is 2.